The number of benzene rings is 1. The highest BCUT2D eigenvalue weighted by atomic mass is 127. The Morgan fingerprint density at radius 3 is 2.74 bits per heavy atom. The molecule has 19 heavy (non-hydrogen) atoms. The fourth-order valence-electron chi connectivity index (χ4n) is 1.64. The molecule has 4 nitrogen and oxygen atoms in total. The van der Waals surface area contributed by atoms with Crippen LogP contribution in [0, 0.1) is 5.82 Å². The summed E-state index contributed by atoms with van der Waals surface area (Å²) in [7, 11) is 3.25. The Morgan fingerprint density at radius 1 is 1.42 bits per heavy atom. The maximum absolute atomic E-state index is 13.3. The molecule has 0 saturated heterocycles. The minimum Gasteiger partial charge on any atom is -0.497 e. The summed E-state index contributed by atoms with van der Waals surface area (Å²) < 4.78 is 18.3. The highest BCUT2D eigenvalue weighted by Gasteiger charge is 2.21. The zero-order valence-electron chi connectivity index (χ0n) is 11.1. The van der Waals surface area contributed by atoms with Gasteiger partial charge in [-0.3, -0.25) is 4.99 Å². The third-order valence-corrected chi connectivity index (χ3v) is 2.77. The van der Waals surface area contributed by atoms with E-state index >= 15 is 0 Å². The van der Waals surface area contributed by atoms with Crippen LogP contribution in [-0.4, -0.2) is 26.2 Å². The summed E-state index contributed by atoms with van der Waals surface area (Å²) >= 11 is 0. The molecule has 106 valence electrons. The van der Waals surface area contributed by atoms with E-state index in [0.29, 0.717) is 18.3 Å². The molecule has 2 N–H and O–H groups in total. The average Bonchev–Trinajstić information content (AvgIpc) is 3.17. The van der Waals surface area contributed by atoms with Crippen molar-refractivity contribution in [2.45, 2.75) is 25.4 Å². The van der Waals surface area contributed by atoms with E-state index in [1.54, 1.807) is 13.1 Å². The molecule has 1 aromatic rings. The molecule has 1 saturated carbocycles. The first-order valence-corrected chi connectivity index (χ1v) is 6.02. The predicted octanol–water partition coefficient (Wildman–Crippen LogP) is 2.28. The highest BCUT2D eigenvalue weighted by Crippen LogP contribution is 2.18. The van der Waals surface area contributed by atoms with Crippen LogP contribution in [-0.2, 0) is 6.54 Å². The van der Waals surface area contributed by atoms with Crippen molar-refractivity contribution in [1.29, 1.82) is 0 Å². The molecule has 0 spiro atoms. The number of aliphatic imine (C=N–C) groups is 1. The molecule has 6 heteroatoms. The first kappa shape index (κ1) is 16.0. The second-order valence-corrected chi connectivity index (χ2v) is 4.34. The summed E-state index contributed by atoms with van der Waals surface area (Å²) in [5, 5.41) is 6.42. The minimum absolute atomic E-state index is 0. The summed E-state index contributed by atoms with van der Waals surface area (Å²) in [6.07, 6.45) is 2.38. The van der Waals surface area contributed by atoms with Crippen LogP contribution in [0.15, 0.2) is 23.2 Å². The summed E-state index contributed by atoms with van der Waals surface area (Å²) in [5.74, 6) is 0.981. The van der Waals surface area contributed by atoms with Gasteiger partial charge in [0.2, 0.25) is 0 Å². The standard InChI is InChI=1S/C13H18FN3O.HI/c1-15-13(17-11-3-4-11)16-8-9-5-10(14)7-12(6-9)18-2;/h5-7,11H,3-4,8H2,1-2H3,(H2,15,16,17);1H. The van der Waals surface area contributed by atoms with E-state index in [-0.39, 0.29) is 29.8 Å². The van der Waals surface area contributed by atoms with Crippen molar-refractivity contribution < 1.29 is 9.13 Å². The zero-order valence-corrected chi connectivity index (χ0v) is 13.4. The van der Waals surface area contributed by atoms with Gasteiger partial charge in [-0.25, -0.2) is 4.39 Å². The van der Waals surface area contributed by atoms with Crippen molar-refractivity contribution in [2.75, 3.05) is 14.2 Å². The lowest BCUT2D eigenvalue weighted by Crippen LogP contribution is -2.38. The average molecular weight is 379 g/mol. The quantitative estimate of drug-likeness (QED) is 0.480. The van der Waals surface area contributed by atoms with Gasteiger partial charge in [-0.15, -0.1) is 24.0 Å². The third-order valence-electron chi connectivity index (χ3n) is 2.77. The summed E-state index contributed by atoms with van der Waals surface area (Å²) in [6.45, 7) is 0.514. The number of nitrogens with zero attached hydrogens (tertiary/aromatic N) is 1. The normalized spacial score (nSPS) is 14.6. The van der Waals surface area contributed by atoms with E-state index in [1.807, 2.05) is 0 Å². The lowest BCUT2D eigenvalue weighted by Gasteiger charge is -2.11. The Kier molecular flexibility index (Phi) is 6.33. The first-order chi connectivity index (χ1) is 8.71. The molecule has 0 aromatic heterocycles. The van der Waals surface area contributed by atoms with E-state index in [4.69, 9.17) is 4.74 Å². The Hall–Kier alpha value is -1.05. The molecule has 0 aliphatic heterocycles. The van der Waals surface area contributed by atoms with Crippen LogP contribution in [0.1, 0.15) is 18.4 Å². The molecule has 0 unspecified atom stereocenters. The van der Waals surface area contributed by atoms with Gasteiger partial charge in [-0.05, 0) is 30.5 Å². The molecule has 0 heterocycles. The van der Waals surface area contributed by atoms with E-state index < -0.39 is 0 Å². The van der Waals surface area contributed by atoms with E-state index in [9.17, 15) is 4.39 Å². The number of nitrogens with one attached hydrogen (secondary N) is 2. The number of rotatable bonds is 4. The maximum Gasteiger partial charge on any atom is 0.191 e. The summed E-state index contributed by atoms with van der Waals surface area (Å²) in [4.78, 5) is 4.12. The number of methoxy groups -OCH3 is 1. The molecule has 0 amide bonds. The highest BCUT2D eigenvalue weighted by molar-refractivity contribution is 14.0. The summed E-state index contributed by atoms with van der Waals surface area (Å²) in [5.41, 5.74) is 0.825. The van der Waals surface area contributed by atoms with Gasteiger partial charge in [0.05, 0.1) is 7.11 Å². The van der Waals surface area contributed by atoms with Gasteiger partial charge in [0, 0.05) is 25.7 Å². The minimum atomic E-state index is -0.295. The molecule has 1 aromatic carbocycles. The lowest BCUT2D eigenvalue weighted by atomic mass is 10.2. The van der Waals surface area contributed by atoms with Crippen molar-refractivity contribution in [3.05, 3.63) is 29.6 Å². The van der Waals surface area contributed by atoms with Gasteiger partial charge in [-0.2, -0.15) is 0 Å². The van der Waals surface area contributed by atoms with Crippen LogP contribution in [0.2, 0.25) is 0 Å². The molecule has 2 rings (SSSR count). The second-order valence-electron chi connectivity index (χ2n) is 4.34. The Bertz CT molecular complexity index is 450. The number of hydrogen-bond acceptors (Lipinski definition) is 2. The largest absolute Gasteiger partial charge is 0.497 e. The van der Waals surface area contributed by atoms with Crippen molar-refractivity contribution in [2.24, 2.45) is 4.99 Å². The molecule has 1 aliphatic carbocycles. The molecule has 1 fully saturated rings. The van der Waals surface area contributed by atoms with Gasteiger partial charge < -0.3 is 15.4 Å². The zero-order chi connectivity index (χ0) is 13.0. The molecule has 0 radical (unpaired) electrons. The monoisotopic (exact) mass is 379 g/mol. The van der Waals surface area contributed by atoms with Crippen molar-refractivity contribution in [3.63, 3.8) is 0 Å². The number of halogens is 2. The maximum atomic E-state index is 13.3. The lowest BCUT2D eigenvalue weighted by molar-refractivity contribution is 0.410. The topological polar surface area (TPSA) is 45.7 Å². The smallest absolute Gasteiger partial charge is 0.191 e. The number of ether oxygens (including phenoxy) is 1. The van der Waals surface area contributed by atoms with Gasteiger partial charge in [-0.1, -0.05) is 0 Å². The molecular weight excluding hydrogens is 360 g/mol. The second kappa shape index (κ2) is 7.52. The van der Waals surface area contributed by atoms with Crippen LogP contribution in [0.5, 0.6) is 5.75 Å². The van der Waals surface area contributed by atoms with Crippen LogP contribution in [0.25, 0.3) is 0 Å². The summed E-state index contributed by atoms with van der Waals surface area (Å²) in [6, 6.07) is 5.19. The van der Waals surface area contributed by atoms with Gasteiger partial charge in [0.1, 0.15) is 11.6 Å². The molecule has 0 atom stereocenters. The number of hydrogen-bond donors (Lipinski definition) is 2. The van der Waals surface area contributed by atoms with Gasteiger partial charge in [0.15, 0.2) is 5.96 Å². The SMILES string of the molecule is CN=C(NCc1cc(F)cc(OC)c1)NC1CC1.I. The van der Waals surface area contributed by atoms with Crippen molar-refractivity contribution in [3.8, 4) is 5.75 Å². The fourth-order valence-corrected chi connectivity index (χ4v) is 1.64. The van der Waals surface area contributed by atoms with Crippen molar-refractivity contribution in [1.82, 2.24) is 10.6 Å². The molecule has 1 aliphatic rings. The molecular formula is C13H19FIN3O. The van der Waals surface area contributed by atoms with Crippen LogP contribution >= 0.6 is 24.0 Å². The fraction of sp³-hybridized carbons (Fsp3) is 0.462. The third kappa shape index (κ3) is 5.22. The van der Waals surface area contributed by atoms with Crippen molar-refractivity contribution >= 4 is 29.9 Å². The van der Waals surface area contributed by atoms with Crippen LogP contribution in [0.4, 0.5) is 4.39 Å². The Morgan fingerprint density at radius 2 is 2.16 bits per heavy atom. The van der Waals surface area contributed by atoms with E-state index in [0.717, 1.165) is 11.5 Å². The first-order valence-electron chi connectivity index (χ1n) is 6.02. The Balaban J connectivity index is 0.00000180. The Labute approximate surface area is 129 Å². The van der Waals surface area contributed by atoms with Crippen LogP contribution < -0.4 is 15.4 Å². The van der Waals surface area contributed by atoms with E-state index in [1.165, 1.54) is 32.1 Å². The van der Waals surface area contributed by atoms with Crippen LogP contribution in [0.3, 0.4) is 0 Å². The van der Waals surface area contributed by atoms with Gasteiger partial charge >= 0.3 is 0 Å². The van der Waals surface area contributed by atoms with E-state index in [2.05, 4.69) is 15.6 Å². The van der Waals surface area contributed by atoms with Gasteiger partial charge in [0.25, 0.3) is 0 Å². The molecule has 0 bridgehead atoms. The number of guanidine groups is 1. The predicted molar refractivity (Wildman–Crippen MR) is 84.7 cm³/mol.